The molecule has 0 bridgehead atoms. The largest absolute Gasteiger partial charge is 0.361 e. The van der Waals surface area contributed by atoms with Gasteiger partial charge in [0.15, 0.2) is 0 Å². The molecule has 0 spiro atoms. The van der Waals surface area contributed by atoms with Crippen molar-refractivity contribution in [2.75, 3.05) is 0 Å². The molecule has 1 rings (SSSR count). The maximum absolute atomic E-state index is 11.3. The van der Waals surface area contributed by atoms with Crippen molar-refractivity contribution in [2.24, 2.45) is 5.41 Å². The molecule has 0 saturated carbocycles. The molecule has 0 fully saturated rings. The van der Waals surface area contributed by atoms with Gasteiger partial charge in [-0.3, -0.25) is 0 Å². The average Bonchev–Trinajstić information content (AvgIpc) is 2.43. The lowest BCUT2D eigenvalue weighted by Gasteiger charge is -2.39. The monoisotopic (exact) mass is 273 g/mol. The Bertz CT molecular complexity index is 416. The first-order valence-corrected chi connectivity index (χ1v) is 6.36. The number of carbonyl (C=O) groups is 1. The van der Waals surface area contributed by atoms with Crippen molar-refractivity contribution in [2.45, 2.75) is 45.1 Å². The zero-order chi connectivity index (χ0) is 13.4. The molecule has 0 radical (unpaired) electrons. The van der Waals surface area contributed by atoms with Crippen LogP contribution in [0.3, 0.4) is 0 Å². The van der Waals surface area contributed by atoms with E-state index in [4.69, 9.17) is 4.52 Å². The van der Waals surface area contributed by atoms with E-state index >= 15 is 0 Å². The van der Waals surface area contributed by atoms with Crippen LogP contribution in [0.4, 0.5) is 0 Å². The van der Waals surface area contributed by atoms with Crippen LogP contribution in [0.1, 0.15) is 44.2 Å². The molecule has 0 amide bonds. The molecule has 0 aliphatic heterocycles. The number of hydrogen-bond acceptors (Lipinski definition) is 5. The molecular weight excluding hydrogens is 254 g/mol. The zero-order valence-electron chi connectivity index (χ0n) is 10.9. The molecule has 1 heterocycles. The van der Waals surface area contributed by atoms with Gasteiger partial charge < -0.3 is 9.32 Å². The van der Waals surface area contributed by atoms with E-state index in [9.17, 15) is 4.79 Å². The first kappa shape index (κ1) is 14.6. The highest BCUT2D eigenvalue weighted by atomic mass is 32.2. The maximum atomic E-state index is 11.3. The lowest BCUT2D eigenvalue weighted by atomic mass is 9.79. The van der Waals surface area contributed by atoms with Crippen molar-refractivity contribution in [3.63, 3.8) is 0 Å². The first-order valence-electron chi connectivity index (χ1n) is 5.47. The Morgan fingerprint density at radius 1 is 1.35 bits per heavy atom. The molecule has 0 aliphatic rings. The minimum Gasteiger partial charge on any atom is -0.361 e. The van der Waals surface area contributed by atoms with Crippen LogP contribution in [0.25, 0.3) is 0 Å². The molecule has 5 heteroatoms. The summed E-state index contributed by atoms with van der Waals surface area (Å²) in [5.74, 6) is 0.818. The molecule has 17 heavy (non-hydrogen) atoms. The van der Waals surface area contributed by atoms with Crippen LogP contribution in [0.2, 0.25) is 0 Å². The summed E-state index contributed by atoms with van der Waals surface area (Å²) in [5.41, 5.74) is 1.23. The summed E-state index contributed by atoms with van der Waals surface area (Å²) in [6.45, 7) is 9.21. The topological polar surface area (TPSA) is 43.1 Å². The molecule has 0 N–H and O–H groups in total. The van der Waals surface area contributed by atoms with Crippen molar-refractivity contribution < 1.29 is 9.32 Å². The number of ketones is 1. The number of nitrogens with zero attached hydrogens (tertiary/aromatic N) is 1. The average molecular weight is 273 g/mol. The quantitative estimate of drug-likeness (QED) is 0.653. The van der Waals surface area contributed by atoms with Crippen LogP contribution in [-0.2, 0) is 8.87 Å². The number of aryl methyl sites for hydroxylation is 2. The van der Waals surface area contributed by atoms with Crippen LogP contribution in [0.5, 0.6) is 0 Å². The van der Waals surface area contributed by atoms with Gasteiger partial charge in [-0.15, -0.1) is 0 Å². The van der Waals surface area contributed by atoms with E-state index < -0.39 is 9.49 Å². The van der Waals surface area contributed by atoms with Gasteiger partial charge in [-0.25, -0.2) is 0 Å². The third kappa shape index (κ3) is 2.71. The van der Waals surface area contributed by atoms with Crippen molar-refractivity contribution >= 4 is 31.0 Å². The van der Waals surface area contributed by atoms with Crippen molar-refractivity contribution in [1.82, 2.24) is 5.16 Å². The molecule has 0 aliphatic carbocycles. The minimum atomic E-state index is -0.757. The van der Waals surface area contributed by atoms with E-state index in [0.29, 0.717) is 12.2 Å². The Morgan fingerprint density at radius 2 is 1.88 bits per heavy atom. The highest BCUT2D eigenvalue weighted by molar-refractivity contribution is 7.99. The van der Waals surface area contributed by atoms with Crippen LogP contribution < -0.4 is 0 Å². The molecule has 0 unspecified atom stereocenters. The van der Waals surface area contributed by atoms with Crippen LogP contribution in [-0.4, -0.2) is 10.9 Å². The summed E-state index contributed by atoms with van der Waals surface area (Å²) in [5, 5.41) is 3.92. The van der Waals surface area contributed by atoms with Gasteiger partial charge >= 0.3 is 0 Å². The normalized spacial score (nSPS) is 12.9. The highest BCUT2D eigenvalue weighted by Crippen LogP contribution is 2.52. The van der Waals surface area contributed by atoms with Gasteiger partial charge in [-0.1, -0.05) is 19.0 Å². The summed E-state index contributed by atoms with van der Waals surface area (Å²) < 4.78 is 4.39. The Morgan fingerprint density at radius 3 is 2.24 bits per heavy atom. The van der Waals surface area contributed by atoms with Crippen molar-refractivity contribution in [3.05, 3.63) is 17.0 Å². The van der Waals surface area contributed by atoms with Gasteiger partial charge in [-0.05, 0) is 26.2 Å². The summed E-state index contributed by atoms with van der Waals surface area (Å²) in [4.78, 5) is 11.3. The second kappa shape index (κ2) is 4.69. The van der Waals surface area contributed by atoms with E-state index in [0.717, 1.165) is 11.3 Å². The van der Waals surface area contributed by atoms with Gasteiger partial charge in [0.05, 0.1) is 9.77 Å². The SMILES string of the molecule is CC(=O)CC(C)(C)C(S)(S)c1c(C)noc1C. The van der Waals surface area contributed by atoms with E-state index in [-0.39, 0.29) is 5.78 Å². The van der Waals surface area contributed by atoms with E-state index in [1.807, 2.05) is 27.7 Å². The number of aromatic nitrogens is 1. The molecule has 0 aromatic carbocycles. The second-order valence-corrected chi connectivity index (χ2v) is 6.83. The predicted molar refractivity (Wildman–Crippen MR) is 74.7 cm³/mol. The van der Waals surface area contributed by atoms with E-state index in [2.05, 4.69) is 30.4 Å². The Kier molecular flexibility index (Phi) is 4.04. The molecule has 3 nitrogen and oxygen atoms in total. The maximum Gasteiger partial charge on any atom is 0.139 e. The smallest absolute Gasteiger partial charge is 0.139 e. The lowest BCUT2D eigenvalue weighted by Crippen LogP contribution is -2.34. The first-order chi connectivity index (χ1) is 7.59. The molecule has 1 aromatic rings. The standard InChI is InChI=1S/C12H19NO2S2/c1-7(14)6-11(4,5)12(16,17)10-8(2)13-15-9(10)3/h16-17H,6H2,1-5H3. The number of carbonyl (C=O) groups excluding carboxylic acids is 1. The number of Topliss-reactive ketones (excluding diaryl/α,β-unsaturated/α-hetero) is 1. The van der Waals surface area contributed by atoms with E-state index in [1.54, 1.807) is 6.92 Å². The molecular formula is C12H19NO2S2. The molecule has 0 saturated heterocycles. The fourth-order valence-corrected chi connectivity index (χ4v) is 2.86. The van der Waals surface area contributed by atoms with Crippen molar-refractivity contribution in [3.8, 4) is 0 Å². The fraction of sp³-hybridized carbons (Fsp3) is 0.667. The lowest BCUT2D eigenvalue weighted by molar-refractivity contribution is -0.119. The van der Waals surface area contributed by atoms with Crippen LogP contribution in [0.15, 0.2) is 4.52 Å². The summed E-state index contributed by atoms with van der Waals surface area (Å²) in [7, 11) is 0. The molecule has 96 valence electrons. The number of thiol groups is 2. The van der Waals surface area contributed by atoms with Gasteiger partial charge in [0, 0.05) is 12.0 Å². The Labute approximate surface area is 113 Å². The van der Waals surface area contributed by atoms with Crippen LogP contribution in [0, 0.1) is 19.3 Å². The summed E-state index contributed by atoms with van der Waals surface area (Å²) in [6.07, 6.45) is 0.407. The number of hydrogen-bond donors (Lipinski definition) is 2. The summed E-state index contributed by atoms with van der Waals surface area (Å²) in [6, 6.07) is 0. The van der Waals surface area contributed by atoms with E-state index in [1.165, 1.54) is 0 Å². The Hall–Kier alpha value is -0.420. The summed E-state index contributed by atoms with van der Waals surface area (Å²) >= 11 is 9.30. The third-order valence-electron chi connectivity index (χ3n) is 3.02. The second-order valence-electron chi connectivity index (χ2n) is 5.13. The van der Waals surface area contributed by atoms with Gasteiger partial charge in [0.2, 0.25) is 0 Å². The van der Waals surface area contributed by atoms with Crippen molar-refractivity contribution in [1.29, 1.82) is 0 Å². The Balaban J connectivity index is 3.23. The molecule has 0 atom stereocenters. The van der Waals surface area contributed by atoms with Gasteiger partial charge in [-0.2, -0.15) is 25.3 Å². The zero-order valence-corrected chi connectivity index (χ0v) is 12.7. The van der Waals surface area contributed by atoms with Gasteiger partial charge in [0.25, 0.3) is 0 Å². The highest BCUT2D eigenvalue weighted by Gasteiger charge is 2.44. The minimum absolute atomic E-state index is 0.120. The number of rotatable bonds is 4. The van der Waals surface area contributed by atoms with Gasteiger partial charge in [0.1, 0.15) is 11.5 Å². The molecule has 1 aromatic heterocycles. The third-order valence-corrected chi connectivity index (χ3v) is 4.67. The van der Waals surface area contributed by atoms with Crippen LogP contribution >= 0.6 is 25.3 Å². The predicted octanol–water partition coefficient (Wildman–Crippen LogP) is 3.31. The fourth-order valence-electron chi connectivity index (χ4n) is 2.06.